The molecule has 0 amide bonds. The van der Waals surface area contributed by atoms with Crippen molar-refractivity contribution < 1.29 is 4.42 Å². The number of nitrogens with zero attached hydrogens (tertiary/aromatic N) is 2. The average molecular weight is 206 g/mol. The summed E-state index contributed by atoms with van der Waals surface area (Å²) in [5, 5.41) is 8.88. The van der Waals surface area contributed by atoms with Crippen LogP contribution in [0.25, 0.3) is 0 Å². The largest absolute Gasteiger partial charge is 0.472 e. The van der Waals surface area contributed by atoms with Crippen LogP contribution in [0.2, 0.25) is 0 Å². The number of hydrogen-bond donors (Lipinski definition) is 0. The summed E-state index contributed by atoms with van der Waals surface area (Å²) in [5.74, 6) is 0. The normalized spacial score (nSPS) is 11.7. The SMILES string of the molecule is CN(CCC(C)(C)C#N)Cc1ccoc1. The molecule has 0 aliphatic carbocycles. The number of furan rings is 1. The van der Waals surface area contributed by atoms with Gasteiger partial charge in [0, 0.05) is 12.1 Å². The maximum atomic E-state index is 8.88. The van der Waals surface area contributed by atoms with Gasteiger partial charge in [-0.1, -0.05) is 0 Å². The van der Waals surface area contributed by atoms with Crippen molar-refractivity contribution in [2.45, 2.75) is 26.8 Å². The zero-order valence-electron chi connectivity index (χ0n) is 9.66. The Hall–Kier alpha value is -1.27. The molecule has 3 nitrogen and oxygen atoms in total. The molecule has 0 aromatic carbocycles. The molecule has 0 unspecified atom stereocenters. The van der Waals surface area contributed by atoms with Gasteiger partial charge in [0.25, 0.3) is 0 Å². The van der Waals surface area contributed by atoms with Crippen molar-refractivity contribution in [3.8, 4) is 6.07 Å². The van der Waals surface area contributed by atoms with Crippen LogP contribution in [-0.4, -0.2) is 18.5 Å². The predicted molar refractivity (Wildman–Crippen MR) is 59.1 cm³/mol. The van der Waals surface area contributed by atoms with Crippen LogP contribution in [-0.2, 0) is 6.54 Å². The first-order valence-electron chi connectivity index (χ1n) is 5.14. The Morgan fingerprint density at radius 3 is 2.80 bits per heavy atom. The molecule has 0 atom stereocenters. The maximum absolute atomic E-state index is 8.88. The molecule has 0 aliphatic heterocycles. The number of nitriles is 1. The van der Waals surface area contributed by atoms with Crippen LogP contribution < -0.4 is 0 Å². The molecule has 1 aromatic heterocycles. The van der Waals surface area contributed by atoms with Gasteiger partial charge in [0.05, 0.1) is 24.0 Å². The predicted octanol–water partition coefficient (Wildman–Crippen LogP) is 2.65. The summed E-state index contributed by atoms with van der Waals surface area (Å²) >= 11 is 0. The lowest BCUT2D eigenvalue weighted by atomic mass is 9.91. The lowest BCUT2D eigenvalue weighted by molar-refractivity contribution is 0.279. The quantitative estimate of drug-likeness (QED) is 0.743. The summed E-state index contributed by atoms with van der Waals surface area (Å²) in [7, 11) is 2.06. The van der Waals surface area contributed by atoms with Gasteiger partial charge in [-0.2, -0.15) is 5.26 Å². The summed E-state index contributed by atoms with van der Waals surface area (Å²) < 4.78 is 5.00. The van der Waals surface area contributed by atoms with Gasteiger partial charge in [0.1, 0.15) is 0 Å². The monoisotopic (exact) mass is 206 g/mol. The molecule has 0 saturated heterocycles. The second kappa shape index (κ2) is 4.99. The third-order valence-electron chi connectivity index (χ3n) is 2.45. The van der Waals surface area contributed by atoms with Crippen LogP contribution in [0.5, 0.6) is 0 Å². The van der Waals surface area contributed by atoms with Crippen LogP contribution in [0, 0.1) is 16.7 Å². The molecule has 0 fully saturated rings. The van der Waals surface area contributed by atoms with Gasteiger partial charge in [-0.05, 0) is 39.9 Å². The first-order valence-corrected chi connectivity index (χ1v) is 5.14. The fraction of sp³-hybridized carbons (Fsp3) is 0.583. The van der Waals surface area contributed by atoms with Gasteiger partial charge in [-0.3, -0.25) is 0 Å². The highest BCUT2D eigenvalue weighted by atomic mass is 16.3. The molecule has 1 aromatic rings. The second-order valence-corrected chi connectivity index (χ2v) is 4.62. The van der Waals surface area contributed by atoms with Crippen molar-refractivity contribution in [1.29, 1.82) is 5.26 Å². The molecule has 15 heavy (non-hydrogen) atoms. The van der Waals surface area contributed by atoms with Crippen molar-refractivity contribution in [3.63, 3.8) is 0 Å². The molecule has 0 radical (unpaired) electrons. The number of hydrogen-bond acceptors (Lipinski definition) is 3. The summed E-state index contributed by atoms with van der Waals surface area (Å²) in [4.78, 5) is 2.20. The van der Waals surface area contributed by atoms with Crippen molar-refractivity contribution in [2.75, 3.05) is 13.6 Å². The molecule has 0 N–H and O–H groups in total. The molecule has 0 aliphatic rings. The molecule has 1 heterocycles. The van der Waals surface area contributed by atoms with E-state index in [1.807, 2.05) is 19.9 Å². The highest BCUT2D eigenvalue weighted by Gasteiger charge is 2.17. The van der Waals surface area contributed by atoms with Crippen molar-refractivity contribution >= 4 is 0 Å². The fourth-order valence-corrected chi connectivity index (χ4v) is 1.30. The van der Waals surface area contributed by atoms with Crippen LogP contribution in [0.1, 0.15) is 25.8 Å². The molecular formula is C12H18N2O. The van der Waals surface area contributed by atoms with Crippen molar-refractivity contribution in [2.24, 2.45) is 5.41 Å². The van der Waals surface area contributed by atoms with Crippen LogP contribution in [0.4, 0.5) is 0 Å². The molecule has 0 saturated carbocycles. The zero-order valence-corrected chi connectivity index (χ0v) is 9.66. The maximum Gasteiger partial charge on any atom is 0.0947 e. The second-order valence-electron chi connectivity index (χ2n) is 4.62. The highest BCUT2D eigenvalue weighted by molar-refractivity contribution is 5.04. The standard InChI is InChI=1S/C12H18N2O/c1-12(2,10-13)5-6-14(3)8-11-4-7-15-9-11/h4,7,9H,5-6,8H2,1-3H3. The zero-order chi connectivity index (χ0) is 11.3. The van der Waals surface area contributed by atoms with Crippen LogP contribution in [0.15, 0.2) is 23.0 Å². The lowest BCUT2D eigenvalue weighted by Crippen LogP contribution is -2.23. The smallest absolute Gasteiger partial charge is 0.0947 e. The van der Waals surface area contributed by atoms with Gasteiger partial charge in [-0.25, -0.2) is 0 Å². The van der Waals surface area contributed by atoms with E-state index in [2.05, 4.69) is 18.0 Å². The Bertz CT molecular complexity index is 322. The summed E-state index contributed by atoms with van der Waals surface area (Å²) in [6, 6.07) is 4.27. The molecule has 0 bridgehead atoms. The van der Waals surface area contributed by atoms with E-state index in [1.165, 1.54) is 5.56 Å². The van der Waals surface area contributed by atoms with E-state index in [4.69, 9.17) is 9.68 Å². The van der Waals surface area contributed by atoms with Gasteiger partial charge in [-0.15, -0.1) is 0 Å². The van der Waals surface area contributed by atoms with Gasteiger partial charge in [0.15, 0.2) is 0 Å². The van der Waals surface area contributed by atoms with E-state index in [9.17, 15) is 0 Å². The van der Waals surface area contributed by atoms with E-state index >= 15 is 0 Å². The Morgan fingerprint density at radius 1 is 1.53 bits per heavy atom. The van der Waals surface area contributed by atoms with Crippen molar-refractivity contribution in [3.05, 3.63) is 24.2 Å². The Balaban J connectivity index is 2.32. The van der Waals surface area contributed by atoms with E-state index < -0.39 is 0 Å². The lowest BCUT2D eigenvalue weighted by Gasteiger charge is -2.20. The topological polar surface area (TPSA) is 40.2 Å². The molecule has 1 rings (SSSR count). The Kier molecular flexibility index (Phi) is 3.93. The average Bonchev–Trinajstić information content (AvgIpc) is 2.68. The molecular weight excluding hydrogens is 188 g/mol. The van der Waals surface area contributed by atoms with Gasteiger partial charge < -0.3 is 9.32 Å². The first-order chi connectivity index (χ1) is 7.03. The Morgan fingerprint density at radius 2 is 2.27 bits per heavy atom. The molecule has 82 valence electrons. The first kappa shape index (κ1) is 11.8. The molecule has 0 spiro atoms. The minimum atomic E-state index is -0.231. The summed E-state index contributed by atoms with van der Waals surface area (Å²) in [6.45, 7) is 5.74. The minimum Gasteiger partial charge on any atom is -0.472 e. The fourth-order valence-electron chi connectivity index (χ4n) is 1.30. The molecule has 3 heteroatoms. The van der Waals surface area contributed by atoms with E-state index in [0.717, 1.165) is 19.5 Å². The van der Waals surface area contributed by atoms with E-state index in [0.29, 0.717) is 0 Å². The van der Waals surface area contributed by atoms with E-state index in [1.54, 1.807) is 12.5 Å². The minimum absolute atomic E-state index is 0.231. The summed E-state index contributed by atoms with van der Waals surface area (Å²) in [6.07, 6.45) is 4.33. The van der Waals surface area contributed by atoms with Crippen LogP contribution >= 0.6 is 0 Å². The highest BCUT2D eigenvalue weighted by Crippen LogP contribution is 2.19. The third-order valence-corrected chi connectivity index (χ3v) is 2.45. The Labute approximate surface area is 91.3 Å². The van der Waals surface area contributed by atoms with Gasteiger partial charge >= 0.3 is 0 Å². The van der Waals surface area contributed by atoms with Gasteiger partial charge in [0.2, 0.25) is 0 Å². The van der Waals surface area contributed by atoms with Crippen LogP contribution in [0.3, 0.4) is 0 Å². The van der Waals surface area contributed by atoms with E-state index in [-0.39, 0.29) is 5.41 Å². The number of rotatable bonds is 5. The third kappa shape index (κ3) is 4.18. The van der Waals surface area contributed by atoms with Crippen molar-refractivity contribution in [1.82, 2.24) is 4.90 Å². The summed E-state index contributed by atoms with van der Waals surface area (Å²) in [5.41, 5.74) is 0.942.